The minimum absolute atomic E-state index is 0.106. The molecule has 9 heteroatoms. The molecular formula is C19H22N2O4S3. The van der Waals surface area contributed by atoms with Crippen LogP contribution in [-0.2, 0) is 9.59 Å². The first-order valence-electron chi connectivity index (χ1n) is 8.92. The summed E-state index contributed by atoms with van der Waals surface area (Å²) < 4.78 is 5.64. The number of rotatable bonds is 7. The van der Waals surface area contributed by atoms with Crippen molar-refractivity contribution in [3.8, 4) is 5.75 Å². The molecule has 0 spiro atoms. The van der Waals surface area contributed by atoms with Crippen molar-refractivity contribution in [1.29, 1.82) is 0 Å². The van der Waals surface area contributed by atoms with E-state index in [9.17, 15) is 14.7 Å². The van der Waals surface area contributed by atoms with Crippen LogP contribution in [0.3, 0.4) is 0 Å². The van der Waals surface area contributed by atoms with E-state index in [-0.39, 0.29) is 17.9 Å². The molecule has 3 rings (SSSR count). The number of ether oxygens (including phenoxy) is 1. The largest absolute Gasteiger partial charge is 0.497 e. The fourth-order valence-electron chi connectivity index (χ4n) is 2.90. The number of aliphatic hydroxyl groups excluding tert-OH is 1. The van der Waals surface area contributed by atoms with E-state index in [4.69, 9.17) is 17.0 Å². The molecule has 2 unspecified atom stereocenters. The van der Waals surface area contributed by atoms with Crippen LogP contribution in [0.15, 0.2) is 29.2 Å². The number of hydrogen-bond donors (Lipinski definition) is 2. The molecule has 0 aromatic heterocycles. The Morgan fingerprint density at radius 3 is 2.79 bits per heavy atom. The van der Waals surface area contributed by atoms with Gasteiger partial charge in [-0.15, -0.1) is 0 Å². The Hall–Kier alpha value is -1.55. The lowest BCUT2D eigenvalue weighted by molar-refractivity contribution is -0.124. The first kappa shape index (κ1) is 21.2. The van der Waals surface area contributed by atoms with Crippen LogP contribution in [0.25, 0.3) is 6.08 Å². The number of benzene rings is 1. The normalized spacial score (nSPS) is 23.5. The molecule has 0 saturated carbocycles. The van der Waals surface area contributed by atoms with Gasteiger partial charge < -0.3 is 15.2 Å². The molecule has 6 nitrogen and oxygen atoms in total. The standard InChI is InChI=1S/C19H22N2O4S3/c1-25-13-6-4-12(5-7-13)9-16-18(24)21(19(26)28-16)8-2-3-17(23)20-14-10-27-11-15(14)22/h4-7,9,14-15,22H,2-3,8,10-11H2,1H3,(H,20,23)/b16-9-. The summed E-state index contributed by atoms with van der Waals surface area (Å²) >= 11 is 8.23. The number of amides is 2. The van der Waals surface area contributed by atoms with Crippen molar-refractivity contribution in [1.82, 2.24) is 10.2 Å². The minimum Gasteiger partial charge on any atom is -0.497 e. The summed E-state index contributed by atoms with van der Waals surface area (Å²) in [5.41, 5.74) is 0.897. The Morgan fingerprint density at radius 2 is 2.14 bits per heavy atom. The molecule has 0 bridgehead atoms. The van der Waals surface area contributed by atoms with Crippen molar-refractivity contribution in [3.63, 3.8) is 0 Å². The van der Waals surface area contributed by atoms with Gasteiger partial charge in [-0.05, 0) is 30.2 Å². The lowest BCUT2D eigenvalue weighted by Gasteiger charge is -2.17. The second kappa shape index (κ2) is 9.78. The SMILES string of the molecule is COc1ccc(/C=C2\SC(=S)N(CCCC(=O)NC3CSCC3O)C2=O)cc1. The summed E-state index contributed by atoms with van der Waals surface area (Å²) in [6.45, 7) is 0.403. The van der Waals surface area contributed by atoms with Gasteiger partial charge in [0.1, 0.15) is 10.1 Å². The third-order valence-corrected chi connectivity index (χ3v) is 7.02. The lowest BCUT2D eigenvalue weighted by Crippen LogP contribution is -2.42. The van der Waals surface area contributed by atoms with Crippen LogP contribution in [0.5, 0.6) is 5.75 Å². The van der Waals surface area contributed by atoms with Gasteiger partial charge in [0.25, 0.3) is 5.91 Å². The first-order chi connectivity index (χ1) is 13.5. The Kier molecular flexibility index (Phi) is 7.39. The first-order valence-corrected chi connectivity index (χ1v) is 11.3. The van der Waals surface area contributed by atoms with Gasteiger partial charge >= 0.3 is 0 Å². The molecule has 2 saturated heterocycles. The third kappa shape index (κ3) is 5.28. The highest BCUT2D eigenvalue weighted by Gasteiger charge is 2.32. The summed E-state index contributed by atoms with van der Waals surface area (Å²) in [7, 11) is 1.61. The summed E-state index contributed by atoms with van der Waals surface area (Å²) in [6, 6.07) is 7.26. The van der Waals surface area contributed by atoms with E-state index in [1.807, 2.05) is 30.3 Å². The molecule has 0 radical (unpaired) electrons. The van der Waals surface area contributed by atoms with Crippen LogP contribution < -0.4 is 10.1 Å². The molecular weight excluding hydrogens is 416 g/mol. The third-order valence-electron chi connectivity index (χ3n) is 4.47. The van der Waals surface area contributed by atoms with Crippen LogP contribution in [0.1, 0.15) is 18.4 Å². The zero-order valence-corrected chi connectivity index (χ0v) is 17.9. The van der Waals surface area contributed by atoms with Gasteiger partial charge in [0.2, 0.25) is 5.91 Å². The molecule has 2 amide bonds. The zero-order chi connectivity index (χ0) is 20.1. The molecule has 2 heterocycles. The zero-order valence-electron chi connectivity index (χ0n) is 15.4. The maximum Gasteiger partial charge on any atom is 0.266 e. The highest BCUT2D eigenvalue weighted by molar-refractivity contribution is 8.26. The predicted molar refractivity (Wildman–Crippen MR) is 117 cm³/mol. The maximum absolute atomic E-state index is 12.6. The van der Waals surface area contributed by atoms with E-state index in [0.717, 1.165) is 17.1 Å². The second-order valence-corrected chi connectivity index (χ2v) is 9.24. The highest BCUT2D eigenvalue weighted by atomic mass is 32.2. The second-order valence-electron chi connectivity index (χ2n) is 6.49. The van der Waals surface area contributed by atoms with Crippen LogP contribution in [-0.4, -0.2) is 63.4 Å². The smallest absolute Gasteiger partial charge is 0.266 e. The summed E-state index contributed by atoms with van der Waals surface area (Å²) in [6.07, 6.45) is 2.14. The number of nitrogens with one attached hydrogen (secondary N) is 1. The van der Waals surface area contributed by atoms with E-state index in [1.165, 1.54) is 11.8 Å². The van der Waals surface area contributed by atoms with E-state index in [0.29, 0.717) is 34.4 Å². The number of hydrogen-bond acceptors (Lipinski definition) is 7. The number of carbonyl (C=O) groups excluding carboxylic acids is 2. The number of thioether (sulfide) groups is 2. The fourth-order valence-corrected chi connectivity index (χ4v) is 5.38. The average Bonchev–Trinajstić information content (AvgIpc) is 3.20. The van der Waals surface area contributed by atoms with Crippen molar-refractivity contribution in [2.24, 2.45) is 0 Å². The Morgan fingerprint density at radius 1 is 1.39 bits per heavy atom. The van der Waals surface area contributed by atoms with E-state index in [2.05, 4.69) is 5.32 Å². The van der Waals surface area contributed by atoms with Crippen molar-refractivity contribution in [3.05, 3.63) is 34.7 Å². The van der Waals surface area contributed by atoms with Crippen LogP contribution >= 0.6 is 35.7 Å². The summed E-state index contributed by atoms with van der Waals surface area (Å²) in [5.74, 6) is 1.91. The van der Waals surface area contributed by atoms with Gasteiger partial charge in [0, 0.05) is 24.5 Å². The Bertz CT molecular complexity index is 782. The van der Waals surface area contributed by atoms with Crippen molar-refractivity contribution in [2.75, 3.05) is 25.2 Å². The van der Waals surface area contributed by atoms with E-state index < -0.39 is 6.10 Å². The fraction of sp³-hybridized carbons (Fsp3) is 0.421. The van der Waals surface area contributed by atoms with E-state index >= 15 is 0 Å². The average molecular weight is 439 g/mol. The van der Waals surface area contributed by atoms with Crippen molar-refractivity contribution < 1.29 is 19.4 Å². The number of methoxy groups -OCH3 is 1. The molecule has 2 aliphatic rings. The van der Waals surface area contributed by atoms with Crippen molar-refractivity contribution >= 4 is 58.0 Å². The van der Waals surface area contributed by atoms with Crippen LogP contribution in [0.2, 0.25) is 0 Å². The minimum atomic E-state index is -0.483. The maximum atomic E-state index is 12.6. The number of aliphatic hydroxyl groups is 1. The molecule has 2 atom stereocenters. The van der Waals surface area contributed by atoms with Gasteiger partial charge in [-0.2, -0.15) is 11.8 Å². The Labute approximate surface area is 178 Å². The van der Waals surface area contributed by atoms with Gasteiger partial charge in [-0.3, -0.25) is 14.5 Å². The predicted octanol–water partition coefficient (Wildman–Crippen LogP) is 2.27. The van der Waals surface area contributed by atoms with Crippen LogP contribution in [0.4, 0.5) is 0 Å². The number of thiocarbonyl (C=S) groups is 1. The number of nitrogens with zero attached hydrogens (tertiary/aromatic N) is 1. The molecule has 1 aromatic rings. The van der Waals surface area contributed by atoms with Gasteiger partial charge in [-0.1, -0.05) is 36.1 Å². The number of carbonyl (C=O) groups is 2. The molecule has 150 valence electrons. The molecule has 28 heavy (non-hydrogen) atoms. The lowest BCUT2D eigenvalue weighted by atomic mass is 10.2. The molecule has 0 aliphatic carbocycles. The Balaban J connectivity index is 1.50. The van der Waals surface area contributed by atoms with Gasteiger partial charge in [0.15, 0.2) is 0 Å². The van der Waals surface area contributed by atoms with Gasteiger partial charge in [0.05, 0.1) is 24.2 Å². The van der Waals surface area contributed by atoms with Crippen LogP contribution in [0, 0.1) is 0 Å². The summed E-state index contributed by atoms with van der Waals surface area (Å²) in [5, 5.41) is 12.6. The quantitative estimate of drug-likeness (QED) is 0.499. The van der Waals surface area contributed by atoms with Gasteiger partial charge in [-0.25, -0.2) is 0 Å². The monoisotopic (exact) mass is 438 g/mol. The highest BCUT2D eigenvalue weighted by Crippen LogP contribution is 2.33. The van der Waals surface area contributed by atoms with E-state index in [1.54, 1.807) is 23.8 Å². The molecule has 2 aliphatic heterocycles. The molecule has 2 fully saturated rings. The van der Waals surface area contributed by atoms with Crippen molar-refractivity contribution in [2.45, 2.75) is 25.0 Å². The summed E-state index contributed by atoms with van der Waals surface area (Å²) in [4.78, 5) is 26.8. The molecule has 1 aromatic carbocycles. The topological polar surface area (TPSA) is 78.9 Å². The molecule has 2 N–H and O–H groups in total.